The Hall–Kier alpha value is -2.63. The Morgan fingerprint density at radius 2 is 1.69 bits per heavy atom. The van der Waals surface area contributed by atoms with E-state index in [0.717, 1.165) is 28.7 Å². The van der Waals surface area contributed by atoms with Crippen molar-refractivity contribution in [2.45, 2.75) is 52.0 Å². The monoisotopic (exact) mass is 355 g/mol. The summed E-state index contributed by atoms with van der Waals surface area (Å²) in [5.74, 6) is 0. The van der Waals surface area contributed by atoms with Crippen molar-refractivity contribution in [3.63, 3.8) is 0 Å². The van der Waals surface area contributed by atoms with E-state index in [1.54, 1.807) is 18.2 Å². The van der Waals surface area contributed by atoms with Crippen LogP contribution in [-0.4, -0.2) is 14.1 Å². The number of H-pyrrole nitrogens is 1. The molecule has 0 radical (unpaired) electrons. The lowest BCUT2D eigenvalue weighted by molar-refractivity contribution is 0.563. The molecule has 0 aromatic carbocycles. The van der Waals surface area contributed by atoms with Gasteiger partial charge in [-0.15, -0.1) is 0 Å². The van der Waals surface area contributed by atoms with Crippen molar-refractivity contribution in [1.82, 2.24) is 14.1 Å². The number of unbranched alkanes of at least 4 members (excludes halogenated alkanes) is 5. The molecule has 138 valence electrons. The van der Waals surface area contributed by atoms with Crippen molar-refractivity contribution in [1.29, 1.82) is 0 Å². The maximum atomic E-state index is 12.5. The van der Waals surface area contributed by atoms with Gasteiger partial charge in [-0.3, -0.25) is 19.1 Å². The molecule has 1 aromatic rings. The molecule has 0 atom stereocenters. The number of aromatic amines is 1. The molecule has 6 heteroatoms. The molecular weight excluding hydrogens is 330 g/mol. The second kappa shape index (κ2) is 7.72. The first-order chi connectivity index (χ1) is 12.5. The third-order valence-electron chi connectivity index (χ3n) is 4.92. The van der Waals surface area contributed by atoms with Gasteiger partial charge in [-0.25, -0.2) is 4.79 Å². The smallest absolute Gasteiger partial charge is 0.326 e. The lowest BCUT2D eigenvalue weighted by Gasteiger charge is -2.18. The van der Waals surface area contributed by atoms with E-state index in [-0.39, 0.29) is 11.0 Å². The fraction of sp³-hybridized carbons (Fsp3) is 0.450. The van der Waals surface area contributed by atoms with Crippen molar-refractivity contribution in [3.8, 4) is 11.3 Å². The van der Waals surface area contributed by atoms with Crippen molar-refractivity contribution in [2.24, 2.45) is 7.05 Å². The summed E-state index contributed by atoms with van der Waals surface area (Å²) in [6.07, 6.45) is 6.86. The first kappa shape index (κ1) is 18.2. The highest BCUT2D eigenvalue weighted by molar-refractivity contribution is 5.83. The van der Waals surface area contributed by atoms with Gasteiger partial charge in [-0.05, 0) is 30.2 Å². The highest BCUT2D eigenvalue weighted by atomic mass is 16.2. The average molecular weight is 355 g/mol. The quantitative estimate of drug-likeness (QED) is 0.523. The number of nitrogens with one attached hydrogen (secondary N) is 1. The minimum absolute atomic E-state index is 0.0836. The summed E-state index contributed by atoms with van der Waals surface area (Å²) in [4.78, 5) is 39.3. The standard InChI is InChI=1S/C20H25N3O3/c1-3-4-5-6-7-8-11-23-17-13-15(24)10-9-14(17)12-16-18(23)21-20(26)22(2)19(16)25/h9-10,12-13H,3-8,11H2,1-2H3,(H,21,26). The van der Waals surface area contributed by atoms with Crippen LogP contribution in [0.15, 0.2) is 38.6 Å². The number of nitrogens with zero attached hydrogens (tertiary/aromatic N) is 2. The Balaban J connectivity index is 2.08. The van der Waals surface area contributed by atoms with E-state index in [0.29, 0.717) is 17.6 Å². The van der Waals surface area contributed by atoms with Crippen molar-refractivity contribution in [2.75, 3.05) is 0 Å². The summed E-state index contributed by atoms with van der Waals surface area (Å²) in [6, 6.07) is 6.56. The molecule has 1 aliphatic heterocycles. The van der Waals surface area contributed by atoms with E-state index in [4.69, 9.17) is 0 Å². The number of aromatic nitrogens is 3. The molecule has 0 bridgehead atoms. The Morgan fingerprint density at radius 1 is 0.962 bits per heavy atom. The summed E-state index contributed by atoms with van der Waals surface area (Å²) in [5.41, 5.74) is 1.21. The lowest BCUT2D eigenvalue weighted by Crippen LogP contribution is -2.33. The topological polar surface area (TPSA) is 76.9 Å². The van der Waals surface area contributed by atoms with Gasteiger partial charge in [0.05, 0.1) is 11.1 Å². The van der Waals surface area contributed by atoms with Crippen molar-refractivity contribution >= 4 is 11.0 Å². The van der Waals surface area contributed by atoms with Crippen LogP contribution in [0.1, 0.15) is 45.4 Å². The van der Waals surface area contributed by atoms with Gasteiger partial charge in [-0.2, -0.15) is 0 Å². The zero-order valence-electron chi connectivity index (χ0n) is 15.4. The molecule has 1 aliphatic carbocycles. The molecule has 2 heterocycles. The first-order valence-electron chi connectivity index (χ1n) is 9.29. The van der Waals surface area contributed by atoms with Gasteiger partial charge in [0, 0.05) is 19.7 Å². The van der Waals surface area contributed by atoms with Gasteiger partial charge in [0.1, 0.15) is 5.65 Å². The number of hydrogen-bond acceptors (Lipinski definition) is 3. The third-order valence-corrected chi connectivity index (χ3v) is 4.92. The number of rotatable bonds is 7. The summed E-state index contributed by atoms with van der Waals surface area (Å²) in [5, 5.41) is 0.462. The minimum atomic E-state index is -0.447. The van der Waals surface area contributed by atoms with E-state index < -0.39 is 5.69 Å². The lowest BCUT2D eigenvalue weighted by atomic mass is 10.1. The molecule has 0 amide bonds. The number of benzene rings is 1. The van der Waals surface area contributed by atoms with Crippen LogP contribution in [0, 0.1) is 0 Å². The largest absolute Gasteiger partial charge is 0.329 e. The number of aryl methyl sites for hydroxylation is 1. The molecule has 6 nitrogen and oxygen atoms in total. The van der Waals surface area contributed by atoms with Gasteiger partial charge in [0.25, 0.3) is 5.56 Å². The van der Waals surface area contributed by atoms with Crippen LogP contribution in [0.5, 0.6) is 0 Å². The SMILES string of the molecule is CCCCCCCCn1c2cc(=O)ccc-2cc2c(=O)n(C)c(=O)[nH]c21. The Morgan fingerprint density at radius 3 is 2.46 bits per heavy atom. The summed E-state index contributed by atoms with van der Waals surface area (Å²) < 4.78 is 2.99. The second-order valence-electron chi connectivity index (χ2n) is 6.84. The van der Waals surface area contributed by atoms with E-state index in [1.807, 2.05) is 4.57 Å². The van der Waals surface area contributed by atoms with Crippen LogP contribution < -0.4 is 16.7 Å². The predicted octanol–water partition coefficient (Wildman–Crippen LogP) is 2.85. The molecular formula is C20H25N3O3. The molecule has 0 saturated carbocycles. The zero-order chi connectivity index (χ0) is 18.7. The normalized spacial score (nSPS) is 11.5. The summed E-state index contributed by atoms with van der Waals surface area (Å²) >= 11 is 0. The highest BCUT2D eigenvalue weighted by Gasteiger charge is 2.15. The number of hydrogen-bond donors (Lipinski definition) is 1. The van der Waals surface area contributed by atoms with E-state index in [1.165, 1.54) is 38.8 Å². The first-order valence-corrected chi connectivity index (χ1v) is 9.29. The molecule has 1 aromatic heterocycles. The van der Waals surface area contributed by atoms with Gasteiger partial charge in [-0.1, -0.05) is 39.0 Å². The van der Waals surface area contributed by atoms with Gasteiger partial charge in [0.2, 0.25) is 0 Å². The molecule has 2 aliphatic rings. The molecule has 26 heavy (non-hydrogen) atoms. The highest BCUT2D eigenvalue weighted by Crippen LogP contribution is 2.25. The predicted molar refractivity (Wildman–Crippen MR) is 104 cm³/mol. The number of pyridine rings is 1. The second-order valence-corrected chi connectivity index (χ2v) is 6.84. The molecule has 3 rings (SSSR count). The molecule has 0 saturated heterocycles. The Labute approximate surface area is 151 Å². The zero-order valence-corrected chi connectivity index (χ0v) is 15.4. The molecule has 0 spiro atoms. The van der Waals surface area contributed by atoms with Crippen molar-refractivity contribution < 1.29 is 0 Å². The minimum Gasteiger partial charge on any atom is -0.326 e. The van der Waals surface area contributed by atoms with Crippen LogP contribution >= 0.6 is 0 Å². The summed E-state index contributed by atoms with van der Waals surface area (Å²) in [7, 11) is 1.46. The fourth-order valence-corrected chi connectivity index (χ4v) is 3.41. The summed E-state index contributed by atoms with van der Waals surface area (Å²) in [6.45, 7) is 2.85. The van der Waals surface area contributed by atoms with Crippen LogP contribution in [0.3, 0.4) is 0 Å². The number of fused-ring (bicyclic) bond motifs is 2. The molecule has 0 fully saturated rings. The van der Waals surface area contributed by atoms with E-state index in [9.17, 15) is 14.4 Å². The Bertz CT molecular complexity index is 1060. The van der Waals surface area contributed by atoms with Crippen LogP contribution in [0.4, 0.5) is 0 Å². The Kier molecular flexibility index (Phi) is 5.40. The van der Waals surface area contributed by atoms with Gasteiger partial charge in [0.15, 0.2) is 5.43 Å². The molecule has 0 unspecified atom stereocenters. The molecule has 1 N–H and O–H groups in total. The third kappa shape index (κ3) is 3.49. The average Bonchev–Trinajstić information content (AvgIpc) is 2.63. The maximum absolute atomic E-state index is 12.5. The van der Waals surface area contributed by atoms with Crippen LogP contribution in [0.25, 0.3) is 22.3 Å². The van der Waals surface area contributed by atoms with Crippen molar-refractivity contribution in [3.05, 3.63) is 55.3 Å². The maximum Gasteiger partial charge on any atom is 0.329 e. The van der Waals surface area contributed by atoms with Crippen LogP contribution in [0.2, 0.25) is 0 Å². The van der Waals surface area contributed by atoms with Gasteiger partial charge < -0.3 is 4.57 Å². The van der Waals surface area contributed by atoms with Gasteiger partial charge >= 0.3 is 5.69 Å². The van der Waals surface area contributed by atoms with E-state index in [2.05, 4.69) is 11.9 Å². The fourth-order valence-electron chi connectivity index (χ4n) is 3.41. The van der Waals surface area contributed by atoms with Crippen LogP contribution in [-0.2, 0) is 13.6 Å². The van der Waals surface area contributed by atoms with E-state index >= 15 is 0 Å².